The van der Waals surface area contributed by atoms with Crippen LogP contribution >= 0.6 is 0 Å². The number of carbonyl (C=O) groups is 1. The molecule has 2 nitrogen and oxygen atoms in total. The van der Waals surface area contributed by atoms with Gasteiger partial charge in [0.2, 0.25) is 5.78 Å². The fourth-order valence-corrected chi connectivity index (χ4v) is 2.33. The molecule has 2 heteroatoms. The minimum absolute atomic E-state index is 0.0543. The van der Waals surface area contributed by atoms with E-state index in [9.17, 15) is 4.79 Å². The van der Waals surface area contributed by atoms with Crippen LogP contribution in [0.5, 0.6) is 0 Å². The molecular weight excluding hydrogens is 260 g/mol. The molecule has 1 aromatic carbocycles. The predicted octanol–water partition coefficient (Wildman–Crippen LogP) is 4.00. The van der Waals surface area contributed by atoms with E-state index in [1.807, 2.05) is 36.1 Å². The summed E-state index contributed by atoms with van der Waals surface area (Å²) in [6.07, 6.45) is 7.49. The topological polar surface area (TPSA) is 34.1 Å². The Labute approximate surface area is 126 Å². The molecule has 0 amide bonds. The lowest BCUT2D eigenvalue weighted by molar-refractivity contribution is 0.105. The van der Waals surface area contributed by atoms with Gasteiger partial charge in [-0.15, -0.1) is 0 Å². The summed E-state index contributed by atoms with van der Waals surface area (Å²) in [6, 6.07) is 9.29. The fourth-order valence-electron chi connectivity index (χ4n) is 2.33. The van der Waals surface area contributed by atoms with Gasteiger partial charge in [-0.2, -0.15) is 0 Å². The summed E-state index contributed by atoms with van der Waals surface area (Å²) in [4.78, 5) is 20.6. The first-order chi connectivity index (χ1) is 10.3. The van der Waals surface area contributed by atoms with Crippen molar-refractivity contribution in [1.82, 2.24) is 0 Å². The number of rotatable bonds is 2. The van der Waals surface area contributed by atoms with Crippen LogP contribution in [0.25, 0.3) is 0 Å². The number of benzene rings is 1. The molecule has 0 saturated heterocycles. The number of hydrogen-bond acceptors (Lipinski definition) is 2. The third-order valence-corrected chi connectivity index (χ3v) is 3.43. The average molecular weight is 280 g/mol. The molecule has 0 atom stereocenters. The van der Waals surface area contributed by atoms with E-state index < -0.39 is 0 Å². The third-order valence-electron chi connectivity index (χ3n) is 3.43. The average Bonchev–Trinajstić information content (AvgIpc) is 2.57. The van der Waals surface area contributed by atoms with Crippen molar-refractivity contribution in [3.63, 3.8) is 0 Å². The highest BCUT2D eigenvalue weighted by Gasteiger charge is 2.11. The van der Waals surface area contributed by atoms with Crippen LogP contribution in [-0.2, 0) is 4.79 Å². The molecule has 0 unspecified atom stereocenters. The van der Waals surface area contributed by atoms with Gasteiger partial charge in [0.1, 0.15) is 0 Å². The Morgan fingerprint density at radius 1 is 1.14 bits per heavy atom. The quantitative estimate of drug-likeness (QED) is 0.270. The van der Waals surface area contributed by atoms with Gasteiger partial charge in [0, 0.05) is 12.0 Å². The fraction of sp³-hybridized carbons (Fsp3) is 0.368. The molecule has 21 heavy (non-hydrogen) atoms. The highest BCUT2D eigenvalue weighted by atomic mass is 16.1. The highest BCUT2D eigenvalue weighted by Crippen LogP contribution is 2.25. The maximum atomic E-state index is 11.7. The third kappa shape index (κ3) is 7.14. The molecular formula is C19H20O2. The molecule has 0 heterocycles. The van der Waals surface area contributed by atoms with Crippen LogP contribution in [0.4, 0.5) is 0 Å². The van der Waals surface area contributed by atoms with Crippen molar-refractivity contribution in [2.45, 2.75) is 38.5 Å². The van der Waals surface area contributed by atoms with Crippen molar-refractivity contribution >= 4 is 11.7 Å². The van der Waals surface area contributed by atoms with E-state index in [4.69, 9.17) is 4.79 Å². The molecule has 0 spiro atoms. The number of hydrogen-bond donors (Lipinski definition) is 0. The van der Waals surface area contributed by atoms with Crippen molar-refractivity contribution < 1.29 is 9.59 Å². The van der Waals surface area contributed by atoms with Crippen LogP contribution in [0, 0.1) is 17.8 Å². The molecule has 1 saturated carbocycles. The molecule has 2 rings (SSSR count). The monoisotopic (exact) mass is 280 g/mol. The van der Waals surface area contributed by atoms with E-state index in [0.717, 1.165) is 12.3 Å². The maximum absolute atomic E-state index is 11.7. The molecule has 1 fully saturated rings. The summed E-state index contributed by atoms with van der Waals surface area (Å²) < 4.78 is 0. The minimum atomic E-state index is -0.0543. The normalized spacial score (nSPS) is 13.5. The SMILES string of the molecule is C=C=C=O.O=C(C#CCC1CCCCC1)c1ccccc1. The van der Waals surface area contributed by atoms with Gasteiger partial charge in [-0.05, 0) is 37.0 Å². The van der Waals surface area contributed by atoms with Gasteiger partial charge in [-0.25, -0.2) is 4.79 Å². The Morgan fingerprint density at radius 2 is 1.76 bits per heavy atom. The molecule has 0 aliphatic heterocycles. The second kappa shape index (κ2) is 10.5. The highest BCUT2D eigenvalue weighted by molar-refractivity contribution is 6.08. The number of carbonyl (C=O) groups excluding carboxylic acids is 2. The summed E-state index contributed by atoms with van der Waals surface area (Å²) in [5, 5.41) is 0. The standard InChI is InChI=1S/C16H18O.C3H2O/c17-16(15-11-5-2-6-12-15)13-7-10-14-8-3-1-4-9-14;1-2-3-4/h2,5-6,11-12,14H,1,3-4,8-10H2;1H2. The second-order valence-corrected chi connectivity index (χ2v) is 4.98. The van der Waals surface area contributed by atoms with Crippen molar-refractivity contribution in [3.8, 4) is 11.8 Å². The second-order valence-electron chi connectivity index (χ2n) is 4.98. The van der Waals surface area contributed by atoms with Crippen molar-refractivity contribution in [3.05, 3.63) is 48.2 Å². The summed E-state index contributed by atoms with van der Waals surface area (Å²) in [5.41, 5.74) is 2.57. The first-order valence-electron chi connectivity index (χ1n) is 7.25. The minimum Gasteiger partial charge on any atom is -0.279 e. The Balaban J connectivity index is 0.000000491. The maximum Gasteiger partial charge on any atom is 0.235 e. The molecule has 0 radical (unpaired) electrons. The largest absolute Gasteiger partial charge is 0.279 e. The van der Waals surface area contributed by atoms with E-state index in [0.29, 0.717) is 5.56 Å². The number of Topliss-reactive ketones (excluding diaryl/α,β-unsaturated/α-hetero) is 1. The first kappa shape index (κ1) is 16.7. The van der Waals surface area contributed by atoms with E-state index in [1.165, 1.54) is 38.0 Å². The van der Waals surface area contributed by atoms with Gasteiger partial charge in [0.05, 0.1) is 0 Å². The zero-order valence-electron chi connectivity index (χ0n) is 12.2. The smallest absolute Gasteiger partial charge is 0.235 e. The van der Waals surface area contributed by atoms with E-state index >= 15 is 0 Å². The van der Waals surface area contributed by atoms with E-state index in [1.54, 1.807) is 0 Å². The molecule has 108 valence electrons. The van der Waals surface area contributed by atoms with Crippen molar-refractivity contribution in [1.29, 1.82) is 0 Å². The Morgan fingerprint density at radius 3 is 2.33 bits per heavy atom. The van der Waals surface area contributed by atoms with E-state index in [2.05, 4.69) is 18.4 Å². The van der Waals surface area contributed by atoms with Crippen LogP contribution in [0.1, 0.15) is 48.9 Å². The van der Waals surface area contributed by atoms with Gasteiger partial charge < -0.3 is 0 Å². The van der Waals surface area contributed by atoms with Gasteiger partial charge in [-0.3, -0.25) is 4.79 Å². The van der Waals surface area contributed by atoms with Gasteiger partial charge >= 0.3 is 0 Å². The number of ketones is 1. The molecule has 1 aliphatic carbocycles. The van der Waals surface area contributed by atoms with Crippen LogP contribution in [-0.4, -0.2) is 11.7 Å². The molecule has 0 N–H and O–H groups in total. The molecule has 1 aromatic rings. The zero-order valence-corrected chi connectivity index (χ0v) is 12.2. The first-order valence-corrected chi connectivity index (χ1v) is 7.25. The Bertz CT molecular complexity index is 549. The van der Waals surface area contributed by atoms with Gasteiger partial charge in [-0.1, -0.05) is 55.5 Å². The van der Waals surface area contributed by atoms with Crippen molar-refractivity contribution in [2.24, 2.45) is 5.92 Å². The van der Waals surface area contributed by atoms with Crippen molar-refractivity contribution in [2.75, 3.05) is 0 Å². The Kier molecular flexibility index (Phi) is 8.34. The predicted molar refractivity (Wildman–Crippen MR) is 84.6 cm³/mol. The van der Waals surface area contributed by atoms with Gasteiger partial charge in [0.25, 0.3) is 0 Å². The molecule has 0 aromatic heterocycles. The lowest BCUT2D eigenvalue weighted by atomic mass is 9.87. The summed E-state index contributed by atoms with van der Waals surface area (Å²) in [6.45, 7) is 2.93. The molecule has 0 bridgehead atoms. The Hall–Kier alpha value is -2.32. The summed E-state index contributed by atoms with van der Waals surface area (Å²) >= 11 is 0. The van der Waals surface area contributed by atoms with Crippen LogP contribution in [0.15, 0.2) is 42.6 Å². The van der Waals surface area contributed by atoms with Gasteiger partial charge in [0.15, 0.2) is 5.94 Å². The molecule has 1 aliphatic rings. The lowest BCUT2D eigenvalue weighted by Gasteiger charge is -2.18. The lowest BCUT2D eigenvalue weighted by Crippen LogP contribution is -2.05. The summed E-state index contributed by atoms with van der Waals surface area (Å²) in [7, 11) is 0. The van der Waals surface area contributed by atoms with Crippen LogP contribution < -0.4 is 0 Å². The van der Waals surface area contributed by atoms with Crippen LogP contribution in [0.2, 0.25) is 0 Å². The summed E-state index contributed by atoms with van der Waals surface area (Å²) in [5.74, 6) is 7.80. The van der Waals surface area contributed by atoms with Crippen LogP contribution in [0.3, 0.4) is 0 Å². The zero-order chi connectivity index (χ0) is 15.3. The van der Waals surface area contributed by atoms with E-state index in [-0.39, 0.29) is 5.78 Å².